The van der Waals surface area contributed by atoms with E-state index in [1.165, 1.54) is 0 Å². The first-order valence-electron chi connectivity index (χ1n) is 3.69. The van der Waals surface area contributed by atoms with Crippen molar-refractivity contribution in [3.63, 3.8) is 0 Å². The van der Waals surface area contributed by atoms with Gasteiger partial charge in [0.25, 0.3) is 0 Å². The summed E-state index contributed by atoms with van der Waals surface area (Å²) in [7, 11) is 0. The molecule has 7 heteroatoms. The van der Waals surface area contributed by atoms with E-state index in [0.717, 1.165) is 0 Å². The van der Waals surface area contributed by atoms with Crippen molar-refractivity contribution >= 4 is 0 Å². The zero-order valence-electron chi connectivity index (χ0n) is 7.35. The lowest BCUT2D eigenvalue weighted by atomic mass is 10.2. The molecule has 1 fully saturated rings. The van der Waals surface area contributed by atoms with Crippen molar-refractivity contribution in [2.45, 2.75) is 25.3 Å². The van der Waals surface area contributed by atoms with Crippen LogP contribution in [0.2, 0.25) is 0 Å². The third-order valence-corrected chi connectivity index (χ3v) is 1.81. The van der Waals surface area contributed by atoms with Gasteiger partial charge in [0.2, 0.25) is 0 Å². The van der Waals surface area contributed by atoms with Crippen molar-refractivity contribution in [3.8, 4) is 0 Å². The van der Waals surface area contributed by atoms with Crippen LogP contribution in [-0.4, -0.2) is 29.6 Å². The molecule has 0 radical (unpaired) electrons. The highest BCUT2D eigenvalue weighted by molar-refractivity contribution is 4.80. The lowest BCUT2D eigenvalue weighted by Crippen LogP contribution is -2.54. The zero-order chi connectivity index (χ0) is 10.1. The van der Waals surface area contributed by atoms with Crippen LogP contribution in [0.4, 0.5) is 0 Å². The SMILES string of the molecule is CC1(C)OCC(N=O)([N+](=O)[O-])CO1. The Kier molecular flexibility index (Phi) is 2.31. The second-order valence-corrected chi connectivity index (χ2v) is 3.31. The molecular weight excluding hydrogens is 180 g/mol. The number of nitro groups is 1. The van der Waals surface area contributed by atoms with Crippen molar-refractivity contribution in [1.29, 1.82) is 0 Å². The Hall–Kier alpha value is -1.08. The van der Waals surface area contributed by atoms with Gasteiger partial charge >= 0.3 is 5.66 Å². The Morgan fingerprint density at radius 1 is 1.38 bits per heavy atom. The minimum Gasteiger partial charge on any atom is -0.341 e. The molecular formula is C6H10N2O5. The molecule has 0 bridgehead atoms. The summed E-state index contributed by atoms with van der Waals surface area (Å²) in [4.78, 5) is 20.0. The monoisotopic (exact) mass is 190 g/mol. The van der Waals surface area contributed by atoms with Crippen LogP contribution in [-0.2, 0) is 9.47 Å². The van der Waals surface area contributed by atoms with Crippen LogP contribution in [0.1, 0.15) is 13.8 Å². The van der Waals surface area contributed by atoms with E-state index in [9.17, 15) is 15.0 Å². The second-order valence-electron chi connectivity index (χ2n) is 3.31. The van der Waals surface area contributed by atoms with Crippen molar-refractivity contribution in [1.82, 2.24) is 0 Å². The zero-order valence-corrected chi connectivity index (χ0v) is 7.35. The summed E-state index contributed by atoms with van der Waals surface area (Å²) in [5.41, 5.74) is -1.98. The highest BCUT2D eigenvalue weighted by atomic mass is 16.7. The summed E-state index contributed by atoms with van der Waals surface area (Å²) in [6.45, 7) is 2.52. The third-order valence-electron chi connectivity index (χ3n) is 1.81. The maximum atomic E-state index is 10.5. The summed E-state index contributed by atoms with van der Waals surface area (Å²) in [5, 5.41) is 12.9. The smallest absolute Gasteiger partial charge is 0.341 e. The molecule has 0 aromatic rings. The minimum atomic E-state index is -1.98. The van der Waals surface area contributed by atoms with E-state index in [1.807, 2.05) is 0 Å². The Morgan fingerprint density at radius 2 is 1.85 bits per heavy atom. The van der Waals surface area contributed by atoms with Gasteiger partial charge in [-0.1, -0.05) is 0 Å². The first-order valence-corrected chi connectivity index (χ1v) is 3.69. The van der Waals surface area contributed by atoms with Crippen LogP contribution in [0.25, 0.3) is 0 Å². The van der Waals surface area contributed by atoms with Gasteiger partial charge in [0.15, 0.2) is 5.79 Å². The maximum Gasteiger partial charge on any atom is 0.393 e. The Labute approximate surface area is 74.1 Å². The predicted octanol–water partition coefficient (Wildman–Crippen LogP) is 0.509. The molecule has 0 spiro atoms. The van der Waals surface area contributed by atoms with Gasteiger partial charge in [0.1, 0.15) is 13.2 Å². The molecule has 0 N–H and O–H groups in total. The number of ether oxygens (including phenoxy) is 2. The van der Waals surface area contributed by atoms with Crippen molar-refractivity contribution in [3.05, 3.63) is 15.0 Å². The normalized spacial score (nSPS) is 25.1. The molecule has 1 aliphatic heterocycles. The van der Waals surface area contributed by atoms with Gasteiger partial charge in [0.05, 0.1) is 4.92 Å². The van der Waals surface area contributed by atoms with Gasteiger partial charge in [-0.15, -0.1) is 4.91 Å². The van der Waals surface area contributed by atoms with Crippen LogP contribution in [0.3, 0.4) is 0 Å². The number of nitroso groups, excluding NO2 is 1. The highest BCUT2D eigenvalue weighted by Crippen LogP contribution is 2.26. The maximum absolute atomic E-state index is 10.5. The molecule has 74 valence electrons. The summed E-state index contributed by atoms with van der Waals surface area (Å²) in [6.07, 6.45) is 0. The second kappa shape index (κ2) is 3.00. The summed E-state index contributed by atoms with van der Waals surface area (Å²) < 4.78 is 9.95. The fourth-order valence-electron chi connectivity index (χ4n) is 0.854. The molecule has 0 amide bonds. The summed E-state index contributed by atoms with van der Waals surface area (Å²) in [5.74, 6) is -0.885. The van der Waals surface area contributed by atoms with Crippen LogP contribution in [0, 0.1) is 15.0 Å². The predicted molar refractivity (Wildman–Crippen MR) is 41.5 cm³/mol. The molecule has 1 heterocycles. The highest BCUT2D eigenvalue weighted by Gasteiger charge is 2.52. The number of nitrogens with zero attached hydrogens (tertiary/aromatic N) is 2. The molecule has 7 nitrogen and oxygen atoms in total. The van der Waals surface area contributed by atoms with E-state index in [4.69, 9.17) is 9.47 Å². The summed E-state index contributed by atoms with van der Waals surface area (Å²) >= 11 is 0. The lowest BCUT2D eigenvalue weighted by molar-refractivity contribution is -0.593. The van der Waals surface area contributed by atoms with Gasteiger partial charge in [-0.3, -0.25) is 10.1 Å². The van der Waals surface area contributed by atoms with E-state index in [0.29, 0.717) is 0 Å². The van der Waals surface area contributed by atoms with Gasteiger partial charge < -0.3 is 9.47 Å². The van der Waals surface area contributed by atoms with Crippen LogP contribution in [0.15, 0.2) is 5.18 Å². The van der Waals surface area contributed by atoms with Crippen LogP contribution >= 0.6 is 0 Å². The van der Waals surface area contributed by atoms with Gasteiger partial charge in [-0.05, 0) is 13.8 Å². The first kappa shape index (κ1) is 10.0. The molecule has 0 aromatic carbocycles. The van der Waals surface area contributed by atoms with E-state index >= 15 is 0 Å². The molecule has 0 aromatic heterocycles. The number of rotatable bonds is 2. The third kappa shape index (κ3) is 1.81. The Balaban J connectivity index is 2.75. The molecule has 13 heavy (non-hydrogen) atoms. The average Bonchev–Trinajstić information content (AvgIpc) is 2.05. The van der Waals surface area contributed by atoms with E-state index < -0.39 is 16.4 Å². The topological polar surface area (TPSA) is 91.0 Å². The lowest BCUT2D eigenvalue weighted by Gasteiger charge is -2.34. The van der Waals surface area contributed by atoms with Crippen molar-refractivity contribution in [2.75, 3.05) is 13.2 Å². The fraction of sp³-hybridized carbons (Fsp3) is 1.00. The van der Waals surface area contributed by atoms with E-state index in [-0.39, 0.29) is 13.2 Å². The quantitative estimate of drug-likeness (QED) is 0.359. The molecule has 0 aliphatic carbocycles. The molecule has 1 aliphatic rings. The van der Waals surface area contributed by atoms with E-state index in [1.54, 1.807) is 13.8 Å². The number of hydrogen-bond donors (Lipinski definition) is 0. The Morgan fingerprint density at radius 3 is 2.15 bits per heavy atom. The van der Waals surface area contributed by atoms with Crippen LogP contribution in [0.5, 0.6) is 0 Å². The van der Waals surface area contributed by atoms with Crippen molar-refractivity contribution < 1.29 is 14.4 Å². The van der Waals surface area contributed by atoms with E-state index in [2.05, 4.69) is 5.18 Å². The standard InChI is InChI=1S/C6H10N2O5/c1-5(2)12-3-6(7-9,4-13-5)8(10)11/h3-4H2,1-2H3. The number of hydrogen-bond acceptors (Lipinski definition) is 6. The molecule has 0 atom stereocenters. The minimum absolute atomic E-state index is 0.351. The average molecular weight is 190 g/mol. The Bertz CT molecular complexity index is 229. The van der Waals surface area contributed by atoms with Crippen molar-refractivity contribution in [2.24, 2.45) is 5.18 Å². The largest absolute Gasteiger partial charge is 0.393 e. The van der Waals surface area contributed by atoms with Gasteiger partial charge in [-0.2, -0.15) is 0 Å². The van der Waals surface area contributed by atoms with Gasteiger partial charge in [-0.25, -0.2) is 0 Å². The fourth-order valence-corrected chi connectivity index (χ4v) is 0.854. The summed E-state index contributed by atoms with van der Waals surface area (Å²) in [6, 6.07) is 0. The van der Waals surface area contributed by atoms with Crippen LogP contribution < -0.4 is 0 Å². The van der Waals surface area contributed by atoms with Gasteiger partial charge in [0, 0.05) is 5.18 Å². The molecule has 1 rings (SSSR count). The molecule has 0 saturated carbocycles. The molecule has 0 unspecified atom stereocenters. The molecule has 1 saturated heterocycles. The first-order chi connectivity index (χ1) is 5.92.